The van der Waals surface area contributed by atoms with Gasteiger partial charge >= 0.3 is 0 Å². The van der Waals surface area contributed by atoms with Crippen molar-refractivity contribution in [1.82, 2.24) is 4.57 Å². The maximum atomic E-state index is 12.5. The van der Waals surface area contributed by atoms with Gasteiger partial charge < -0.3 is 9.30 Å². The first-order valence-electron chi connectivity index (χ1n) is 7.99. The van der Waals surface area contributed by atoms with E-state index < -0.39 is 0 Å². The highest BCUT2D eigenvalue weighted by atomic mass is 16.5. The Morgan fingerprint density at radius 1 is 1.09 bits per heavy atom. The van der Waals surface area contributed by atoms with Crippen molar-refractivity contribution in [3.63, 3.8) is 0 Å². The lowest BCUT2D eigenvalue weighted by Crippen LogP contribution is -2.24. The van der Waals surface area contributed by atoms with E-state index in [2.05, 4.69) is 6.92 Å². The van der Waals surface area contributed by atoms with Crippen LogP contribution in [0.15, 0.2) is 41.2 Å². The standard InChI is InChI=1S/C19H22N2O2/c1-3-4-5-6-13-21-18(12-9-16(14-20)19(21)22)15-7-10-17(23-2)11-8-15/h7-12H,3-6,13H2,1-2H3. The molecule has 0 aliphatic carbocycles. The molecule has 0 radical (unpaired) electrons. The molecular weight excluding hydrogens is 288 g/mol. The van der Waals surface area contributed by atoms with Crippen LogP contribution in [0.4, 0.5) is 0 Å². The van der Waals surface area contributed by atoms with Crippen molar-refractivity contribution in [1.29, 1.82) is 5.26 Å². The predicted octanol–water partition coefficient (Wildman–Crippen LogP) is 3.98. The van der Waals surface area contributed by atoms with Crippen LogP contribution in [0.5, 0.6) is 5.75 Å². The van der Waals surface area contributed by atoms with E-state index in [-0.39, 0.29) is 11.1 Å². The number of rotatable bonds is 7. The summed E-state index contributed by atoms with van der Waals surface area (Å²) in [6, 6.07) is 13.0. The van der Waals surface area contributed by atoms with E-state index in [0.717, 1.165) is 42.7 Å². The molecular formula is C19H22N2O2. The molecule has 2 aromatic rings. The first-order valence-corrected chi connectivity index (χ1v) is 7.99. The first-order chi connectivity index (χ1) is 11.2. The van der Waals surface area contributed by atoms with Gasteiger partial charge in [0.15, 0.2) is 0 Å². The van der Waals surface area contributed by atoms with Crippen LogP contribution in [-0.4, -0.2) is 11.7 Å². The van der Waals surface area contributed by atoms with Gasteiger partial charge in [0, 0.05) is 6.54 Å². The lowest BCUT2D eigenvalue weighted by Gasteiger charge is -2.14. The number of nitriles is 1. The molecule has 0 saturated carbocycles. The molecule has 0 saturated heterocycles. The van der Waals surface area contributed by atoms with E-state index >= 15 is 0 Å². The van der Waals surface area contributed by atoms with E-state index in [1.54, 1.807) is 17.7 Å². The normalized spacial score (nSPS) is 10.3. The predicted molar refractivity (Wildman–Crippen MR) is 91.5 cm³/mol. The first kappa shape index (κ1) is 16.8. The molecule has 0 spiro atoms. The Bertz CT molecular complexity index is 739. The van der Waals surface area contributed by atoms with Gasteiger partial charge in [-0.25, -0.2) is 0 Å². The zero-order valence-electron chi connectivity index (χ0n) is 13.7. The van der Waals surface area contributed by atoms with E-state index in [1.165, 1.54) is 0 Å². The summed E-state index contributed by atoms with van der Waals surface area (Å²) in [5.41, 5.74) is 1.77. The Hall–Kier alpha value is -2.54. The quantitative estimate of drug-likeness (QED) is 0.727. The van der Waals surface area contributed by atoms with Crippen LogP contribution < -0.4 is 10.3 Å². The highest BCUT2D eigenvalue weighted by Crippen LogP contribution is 2.22. The minimum absolute atomic E-state index is 0.192. The van der Waals surface area contributed by atoms with Gasteiger partial charge in [-0.2, -0.15) is 5.26 Å². The molecule has 0 unspecified atom stereocenters. The van der Waals surface area contributed by atoms with Crippen LogP contribution in [0.2, 0.25) is 0 Å². The Balaban J connectivity index is 2.39. The van der Waals surface area contributed by atoms with Gasteiger partial charge in [-0.3, -0.25) is 4.79 Å². The minimum Gasteiger partial charge on any atom is -0.497 e. The molecule has 4 nitrogen and oxygen atoms in total. The van der Waals surface area contributed by atoms with Crippen molar-refractivity contribution in [3.05, 3.63) is 52.3 Å². The van der Waals surface area contributed by atoms with Gasteiger partial charge in [-0.15, -0.1) is 0 Å². The van der Waals surface area contributed by atoms with Gasteiger partial charge in [0.1, 0.15) is 17.4 Å². The van der Waals surface area contributed by atoms with Crippen molar-refractivity contribution >= 4 is 0 Å². The highest BCUT2D eigenvalue weighted by molar-refractivity contribution is 5.61. The van der Waals surface area contributed by atoms with Crippen LogP contribution in [0.1, 0.15) is 38.2 Å². The lowest BCUT2D eigenvalue weighted by atomic mass is 10.1. The zero-order valence-corrected chi connectivity index (χ0v) is 13.7. The number of hydrogen-bond acceptors (Lipinski definition) is 3. The highest BCUT2D eigenvalue weighted by Gasteiger charge is 2.10. The summed E-state index contributed by atoms with van der Waals surface area (Å²) in [5.74, 6) is 0.777. The second-order valence-corrected chi connectivity index (χ2v) is 5.49. The molecule has 1 aromatic carbocycles. The van der Waals surface area contributed by atoms with Crippen molar-refractivity contribution < 1.29 is 4.74 Å². The van der Waals surface area contributed by atoms with Crippen LogP contribution in [0.3, 0.4) is 0 Å². The maximum absolute atomic E-state index is 12.5. The number of unbranched alkanes of at least 4 members (excludes halogenated alkanes) is 3. The second kappa shape index (κ2) is 8.19. The van der Waals surface area contributed by atoms with Gasteiger partial charge in [-0.05, 0) is 48.4 Å². The van der Waals surface area contributed by atoms with Gasteiger partial charge in [-0.1, -0.05) is 26.2 Å². The monoisotopic (exact) mass is 310 g/mol. The molecule has 0 fully saturated rings. The van der Waals surface area contributed by atoms with E-state index in [0.29, 0.717) is 6.54 Å². The molecule has 0 bridgehead atoms. The Labute approximate surface area is 137 Å². The summed E-state index contributed by atoms with van der Waals surface area (Å²) < 4.78 is 6.89. The van der Waals surface area contributed by atoms with Crippen LogP contribution in [-0.2, 0) is 6.54 Å². The number of pyridine rings is 1. The molecule has 0 aliphatic rings. The summed E-state index contributed by atoms with van der Waals surface area (Å²) in [6.45, 7) is 2.79. The molecule has 1 aromatic heterocycles. The summed E-state index contributed by atoms with van der Waals surface area (Å²) in [4.78, 5) is 12.5. The minimum atomic E-state index is -0.211. The summed E-state index contributed by atoms with van der Waals surface area (Å²) >= 11 is 0. The number of hydrogen-bond donors (Lipinski definition) is 0. The third kappa shape index (κ3) is 4.01. The summed E-state index contributed by atoms with van der Waals surface area (Å²) in [5, 5.41) is 9.10. The van der Waals surface area contributed by atoms with Crippen molar-refractivity contribution in [2.24, 2.45) is 0 Å². The molecule has 2 rings (SSSR count). The van der Waals surface area contributed by atoms with Gasteiger partial charge in [0.05, 0.1) is 12.8 Å². The average molecular weight is 310 g/mol. The number of methoxy groups -OCH3 is 1. The SMILES string of the molecule is CCCCCCn1c(-c2ccc(OC)cc2)ccc(C#N)c1=O. The average Bonchev–Trinajstić information content (AvgIpc) is 2.60. The molecule has 0 aliphatic heterocycles. The number of benzene rings is 1. The number of aromatic nitrogens is 1. The third-order valence-corrected chi connectivity index (χ3v) is 3.92. The number of nitrogens with zero attached hydrogens (tertiary/aromatic N) is 2. The molecule has 23 heavy (non-hydrogen) atoms. The molecule has 120 valence electrons. The van der Waals surface area contributed by atoms with E-state index in [1.807, 2.05) is 36.4 Å². The Morgan fingerprint density at radius 2 is 1.83 bits per heavy atom. The van der Waals surface area contributed by atoms with Crippen LogP contribution >= 0.6 is 0 Å². The van der Waals surface area contributed by atoms with Gasteiger partial charge in [0.25, 0.3) is 5.56 Å². The van der Waals surface area contributed by atoms with Crippen molar-refractivity contribution in [2.45, 2.75) is 39.2 Å². The fraction of sp³-hybridized carbons (Fsp3) is 0.368. The molecule has 0 amide bonds. The largest absolute Gasteiger partial charge is 0.497 e. The Morgan fingerprint density at radius 3 is 2.43 bits per heavy atom. The molecule has 0 N–H and O–H groups in total. The van der Waals surface area contributed by atoms with Crippen molar-refractivity contribution in [2.75, 3.05) is 7.11 Å². The molecule has 4 heteroatoms. The second-order valence-electron chi connectivity index (χ2n) is 5.49. The van der Waals surface area contributed by atoms with Crippen LogP contribution in [0, 0.1) is 11.3 Å². The molecule has 1 heterocycles. The third-order valence-electron chi connectivity index (χ3n) is 3.92. The summed E-state index contributed by atoms with van der Waals surface area (Å²) in [6.07, 6.45) is 4.33. The fourth-order valence-electron chi connectivity index (χ4n) is 2.60. The van der Waals surface area contributed by atoms with Crippen LogP contribution in [0.25, 0.3) is 11.3 Å². The zero-order chi connectivity index (χ0) is 16.7. The lowest BCUT2D eigenvalue weighted by molar-refractivity contribution is 0.415. The fourth-order valence-corrected chi connectivity index (χ4v) is 2.60. The summed E-state index contributed by atoms with van der Waals surface area (Å²) in [7, 11) is 1.63. The Kier molecular flexibility index (Phi) is 5.99. The van der Waals surface area contributed by atoms with Gasteiger partial charge in [0.2, 0.25) is 0 Å². The van der Waals surface area contributed by atoms with E-state index in [9.17, 15) is 4.79 Å². The smallest absolute Gasteiger partial charge is 0.268 e. The van der Waals surface area contributed by atoms with E-state index in [4.69, 9.17) is 10.00 Å². The van der Waals surface area contributed by atoms with Crippen molar-refractivity contribution in [3.8, 4) is 23.1 Å². The topological polar surface area (TPSA) is 55.0 Å². The molecule has 0 atom stereocenters. The number of ether oxygens (including phenoxy) is 1. The maximum Gasteiger partial charge on any atom is 0.268 e.